The number of carbonyl (C=O) groups excluding carboxylic acids is 2. The van der Waals surface area contributed by atoms with E-state index in [-0.39, 0.29) is 11.9 Å². The van der Waals surface area contributed by atoms with Gasteiger partial charge in [0.25, 0.3) is 5.91 Å². The molecule has 1 amide bonds. The molecule has 0 unspecified atom stereocenters. The van der Waals surface area contributed by atoms with Crippen LogP contribution in [-0.4, -0.2) is 40.9 Å². The van der Waals surface area contributed by atoms with Gasteiger partial charge in [-0.25, -0.2) is 0 Å². The Balaban J connectivity index is 1.60. The topological polar surface area (TPSA) is 65.1 Å². The summed E-state index contributed by atoms with van der Waals surface area (Å²) in [6, 6.07) is 13.1. The highest BCUT2D eigenvalue weighted by atomic mass is 35.5. The molecule has 0 spiro atoms. The summed E-state index contributed by atoms with van der Waals surface area (Å²) in [5.41, 5.74) is 1.82. The molecule has 36 heavy (non-hydrogen) atoms. The summed E-state index contributed by atoms with van der Waals surface area (Å²) in [4.78, 5) is 26.6. The average molecular weight is 548 g/mol. The fourth-order valence-electron chi connectivity index (χ4n) is 3.54. The van der Waals surface area contributed by atoms with E-state index in [0.717, 1.165) is 30.4 Å². The molecule has 1 aliphatic rings. The Labute approximate surface area is 226 Å². The third kappa shape index (κ3) is 8.25. The van der Waals surface area contributed by atoms with Crippen LogP contribution in [0.4, 0.5) is 0 Å². The number of esters is 1. The second-order valence-corrected chi connectivity index (χ2v) is 10.1. The number of thiocarbonyl (C=S) groups is 1. The number of halogens is 1. The number of ether oxygens (including phenoxy) is 3. The van der Waals surface area contributed by atoms with E-state index in [2.05, 4.69) is 0 Å². The second-order valence-electron chi connectivity index (χ2n) is 8.00. The summed E-state index contributed by atoms with van der Waals surface area (Å²) in [5.74, 6) is 0.951. The maximum atomic E-state index is 12.9. The second kappa shape index (κ2) is 14.3. The van der Waals surface area contributed by atoms with E-state index in [1.165, 1.54) is 11.8 Å². The molecule has 6 nitrogen and oxygen atoms in total. The summed E-state index contributed by atoms with van der Waals surface area (Å²) in [6.07, 6.45) is 4.55. The zero-order valence-corrected chi connectivity index (χ0v) is 22.8. The quantitative estimate of drug-likeness (QED) is 0.120. The van der Waals surface area contributed by atoms with Crippen LogP contribution in [-0.2, 0) is 20.9 Å². The highest BCUT2D eigenvalue weighted by Gasteiger charge is 2.31. The van der Waals surface area contributed by atoms with Gasteiger partial charge in [-0.2, -0.15) is 0 Å². The number of amides is 1. The van der Waals surface area contributed by atoms with Crippen LogP contribution in [0.3, 0.4) is 0 Å². The van der Waals surface area contributed by atoms with Gasteiger partial charge in [-0.3, -0.25) is 14.5 Å². The van der Waals surface area contributed by atoms with Gasteiger partial charge in [-0.1, -0.05) is 60.2 Å². The lowest BCUT2D eigenvalue weighted by Gasteiger charge is -2.14. The molecule has 2 aromatic rings. The van der Waals surface area contributed by atoms with Gasteiger partial charge in [0.1, 0.15) is 10.9 Å². The van der Waals surface area contributed by atoms with Crippen molar-refractivity contribution < 1.29 is 23.8 Å². The van der Waals surface area contributed by atoms with Crippen LogP contribution >= 0.6 is 35.6 Å². The Morgan fingerprint density at radius 1 is 1.03 bits per heavy atom. The predicted octanol–water partition coefficient (Wildman–Crippen LogP) is 6.64. The Morgan fingerprint density at radius 3 is 2.53 bits per heavy atom. The smallest absolute Gasteiger partial charge is 0.305 e. The molecule has 1 heterocycles. The summed E-state index contributed by atoms with van der Waals surface area (Å²) in [7, 11) is 0. The van der Waals surface area contributed by atoms with E-state index in [1.807, 2.05) is 55.5 Å². The van der Waals surface area contributed by atoms with Crippen molar-refractivity contribution in [3.8, 4) is 11.5 Å². The van der Waals surface area contributed by atoms with Crippen molar-refractivity contribution in [3.63, 3.8) is 0 Å². The van der Waals surface area contributed by atoms with Crippen molar-refractivity contribution in [2.45, 2.75) is 46.1 Å². The van der Waals surface area contributed by atoms with E-state index in [4.69, 9.17) is 38.0 Å². The molecule has 0 N–H and O–H groups in total. The maximum absolute atomic E-state index is 12.9. The Morgan fingerprint density at radius 2 is 1.81 bits per heavy atom. The lowest BCUT2D eigenvalue weighted by Crippen LogP contribution is -2.29. The highest BCUT2D eigenvalue weighted by Crippen LogP contribution is 2.35. The first-order valence-electron chi connectivity index (χ1n) is 12.0. The molecule has 0 aliphatic carbocycles. The lowest BCUT2D eigenvalue weighted by atomic mass is 10.1. The van der Waals surface area contributed by atoms with Crippen molar-refractivity contribution in [1.29, 1.82) is 0 Å². The van der Waals surface area contributed by atoms with Crippen molar-refractivity contribution in [2.24, 2.45) is 0 Å². The molecule has 192 valence electrons. The summed E-state index contributed by atoms with van der Waals surface area (Å²) < 4.78 is 17.2. The number of hydrogen-bond acceptors (Lipinski definition) is 7. The third-order valence-electron chi connectivity index (χ3n) is 5.31. The van der Waals surface area contributed by atoms with Gasteiger partial charge >= 0.3 is 5.97 Å². The molecule has 0 aromatic heterocycles. The van der Waals surface area contributed by atoms with Crippen molar-refractivity contribution >= 4 is 57.9 Å². The minimum absolute atomic E-state index is 0.101. The van der Waals surface area contributed by atoms with Crippen molar-refractivity contribution in [1.82, 2.24) is 4.90 Å². The van der Waals surface area contributed by atoms with E-state index in [9.17, 15) is 9.59 Å². The number of hydrogen-bond donors (Lipinski definition) is 0. The van der Waals surface area contributed by atoms with Crippen LogP contribution in [0, 0.1) is 0 Å². The average Bonchev–Trinajstić information content (AvgIpc) is 3.12. The summed E-state index contributed by atoms with van der Waals surface area (Å²) in [5, 5.41) is 0.678. The maximum Gasteiger partial charge on any atom is 0.305 e. The predicted molar refractivity (Wildman–Crippen MR) is 148 cm³/mol. The summed E-state index contributed by atoms with van der Waals surface area (Å²) >= 11 is 12.7. The van der Waals surface area contributed by atoms with Gasteiger partial charge < -0.3 is 14.2 Å². The van der Waals surface area contributed by atoms with E-state index in [0.29, 0.717) is 58.5 Å². The molecule has 3 rings (SSSR count). The highest BCUT2D eigenvalue weighted by molar-refractivity contribution is 8.26. The first-order valence-corrected chi connectivity index (χ1v) is 13.6. The van der Waals surface area contributed by atoms with Gasteiger partial charge in [0, 0.05) is 18.0 Å². The molecule has 0 radical (unpaired) electrons. The van der Waals surface area contributed by atoms with Crippen LogP contribution in [0.1, 0.15) is 50.7 Å². The number of carbonyl (C=O) groups is 2. The molecule has 0 atom stereocenters. The Bertz CT molecular complexity index is 1100. The fourth-order valence-corrected chi connectivity index (χ4v) is 4.97. The number of unbranched alkanes of at least 4 members (excludes halogenated alkanes) is 2. The number of rotatable bonds is 13. The normalized spacial score (nSPS) is 14.4. The molecule has 1 fully saturated rings. The molecule has 0 bridgehead atoms. The Hall–Kier alpha value is -2.55. The first-order chi connectivity index (χ1) is 17.4. The van der Waals surface area contributed by atoms with Crippen molar-refractivity contribution in [2.75, 3.05) is 19.8 Å². The minimum Gasteiger partial charge on any atom is -0.490 e. The van der Waals surface area contributed by atoms with E-state index >= 15 is 0 Å². The standard InChI is InChI=1S/C27H30ClNO5S2/c1-3-32-23-16-20(11-14-22(23)34-18-19-9-12-21(28)13-10-19)17-24-26(31)29(27(35)36-24)15-7-5-6-8-25(30)33-4-2/h9-14,16-17H,3-8,15,18H2,1-2H3/b24-17-. The molecule has 9 heteroatoms. The molecule has 2 aromatic carbocycles. The molecule has 0 saturated carbocycles. The molecular weight excluding hydrogens is 518 g/mol. The van der Waals surface area contributed by atoms with Gasteiger partial charge in [0.05, 0.1) is 18.1 Å². The van der Waals surface area contributed by atoms with Crippen LogP contribution in [0.15, 0.2) is 47.4 Å². The van der Waals surface area contributed by atoms with Gasteiger partial charge in [0.15, 0.2) is 11.5 Å². The summed E-state index contributed by atoms with van der Waals surface area (Å²) in [6.45, 7) is 5.50. The number of nitrogens with zero attached hydrogens (tertiary/aromatic N) is 1. The van der Waals surface area contributed by atoms with Gasteiger partial charge in [0.2, 0.25) is 0 Å². The zero-order chi connectivity index (χ0) is 25.9. The first kappa shape index (κ1) is 28.0. The monoisotopic (exact) mass is 547 g/mol. The molecule has 1 saturated heterocycles. The third-order valence-corrected chi connectivity index (χ3v) is 6.94. The van der Waals surface area contributed by atoms with Crippen molar-refractivity contribution in [3.05, 3.63) is 63.5 Å². The Kier molecular flexibility index (Phi) is 11.1. The fraction of sp³-hybridized carbons (Fsp3) is 0.370. The number of thioether (sulfide) groups is 1. The zero-order valence-electron chi connectivity index (χ0n) is 20.5. The van der Waals surface area contributed by atoms with Crippen LogP contribution < -0.4 is 9.47 Å². The van der Waals surface area contributed by atoms with E-state index in [1.54, 1.807) is 11.8 Å². The molecular formula is C27H30ClNO5S2. The minimum atomic E-state index is -0.182. The molecule has 1 aliphatic heterocycles. The van der Waals surface area contributed by atoms with E-state index < -0.39 is 0 Å². The van der Waals surface area contributed by atoms with Crippen LogP contribution in [0.5, 0.6) is 11.5 Å². The SMILES string of the molecule is CCOC(=O)CCCCCN1C(=O)/C(=C/c2ccc(OCc3ccc(Cl)cc3)c(OCC)c2)SC1=S. The van der Waals surface area contributed by atoms with Gasteiger partial charge in [-0.15, -0.1) is 0 Å². The lowest BCUT2D eigenvalue weighted by molar-refractivity contribution is -0.143. The van der Waals surface area contributed by atoms with Crippen LogP contribution in [0.25, 0.3) is 6.08 Å². The van der Waals surface area contributed by atoms with Crippen LogP contribution in [0.2, 0.25) is 5.02 Å². The largest absolute Gasteiger partial charge is 0.490 e. The number of benzene rings is 2. The van der Waals surface area contributed by atoms with Gasteiger partial charge in [-0.05, 0) is 68.2 Å².